The topological polar surface area (TPSA) is 83.3 Å². The van der Waals surface area contributed by atoms with Crippen LogP contribution in [-0.4, -0.2) is 46.7 Å². The monoisotopic (exact) mass is 489 g/mol. The van der Waals surface area contributed by atoms with Gasteiger partial charge in [0.1, 0.15) is 0 Å². The van der Waals surface area contributed by atoms with Gasteiger partial charge in [-0.25, -0.2) is 0 Å². The Labute approximate surface area is 186 Å². The van der Waals surface area contributed by atoms with Crippen LogP contribution in [0.5, 0.6) is 17.2 Å². The predicted molar refractivity (Wildman–Crippen MR) is 125 cm³/mol. The molecule has 3 rings (SSSR count). The van der Waals surface area contributed by atoms with Gasteiger partial charge in [-0.15, -0.1) is 0 Å². The first kappa shape index (κ1) is 22.4. The summed E-state index contributed by atoms with van der Waals surface area (Å²) in [7, 11) is 1.70. The number of hydrogen-bond acceptors (Lipinski definition) is 5. The fourth-order valence-corrected chi connectivity index (χ4v) is 7.55. The Morgan fingerprint density at radius 1 is 1.20 bits per heavy atom. The van der Waals surface area contributed by atoms with Crippen LogP contribution in [0.4, 0.5) is 0 Å². The van der Waals surface area contributed by atoms with Gasteiger partial charge >= 0.3 is 187 Å². The Bertz CT molecular complexity index is 1110. The first-order valence-corrected chi connectivity index (χ1v) is 14.5. The van der Waals surface area contributed by atoms with Crippen molar-refractivity contribution < 1.29 is 14.9 Å². The fraction of sp³-hybridized carbons (Fsp3) is 0.364. The second kappa shape index (κ2) is 9.27. The molecule has 0 bridgehead atoms. The van der Waals surface area contributed by atoms with E-state index in [1.165, 1.54) is 15.6 Å². The van der Waals surface area contributed by atoms with Crippen molar-refractivity contribution in [3.63, 3.8) is 0 Å². The molecule has 160 valence electrons. The third kappa shape index (κ3) is 4.28. The van der Waals surface area contributed by atoms with E-state index < -0.39 is 14.7 Å². The summed E-state index contributed by atoms with van der Waals surface area (Å²) in [4.78, 5) is 0. The standard InChI is InChI=1S/C22H28AsN3O3S/c1-6-9-23(4)17-10-14(7-8-20(17)29-5)26-21(24-25-22(26)30)16-11-15(13(2)3)18(27)12-19(16)28/h7-8,10-13,27-28H,6,9H2,1-5H3,(H,25,30). The summed E-state index contributed by atoms with van der Waals surface area (Å²) in [5.74, 6) is 1.52. The molecule has 0 aliphatic rings. The number of nitrogens with zero attached hydrogens (tertiary/aromatic N) is 2. The molecule has 1 atom stereocenters. The maximum atomic E-state index is 10.6. The molecule has 0 radical (unpaired) electrons. The molecule has 8 heteroatoms. The molecule has 30 heavy (non-hydrogen) atoms. The number of hydrogen-bond donors (Lipinski definition) is 3. The van der Waals surface area contributed by atoms with Gasteiger partial charge in [-0.3, -0.25) is 0 Å². The summed E-state index contributed by atoms with van der Waals surface area (Å²) in [6.45, 7) is 6.18. The van der Waals surface area contributed by atoms with Crippen LogP contribution in [0.2, 0.25) is 10.9 Å². The molecule has 0 saturated carbocycles. The minimum absolute atomic E-state index is 0.0462. The van der Waals surface area contributed by atoms with Crippen LogP contribution in [0, 0.1) is 4.77 Å². The number of phenols is 2. The third-order valence-corrected chi connectivity index (χ3v) is 10.1. The van der Waals surface area contributed by atoms with Crippen molar-refractivity contribution in [2.45, 2.75) is 44.0 Å². The molecule has 6 nitrogen and oxygen atoms in total. The number of aromatic nitrogens is 3. The first-order valence-electron chi connectivity index (χ1n) is 9.91. The number of methoxy groups -OCH3 is 1. The Morgan fingerprint density at radius 3 is 2.57 bits per heavy atom. The van der Waals surface area contributed by atoms with E-state index in [1.807, 2.05) is 30.5 Å². The van der Waals surface area contributed by atoms with Gasteiger partial charge in [0.15, 0.2) is 0 Å². The van der Waals surface area contributed by atoms with Crippen LogP contribution < -0.4 is 9.09 Å². The van der Waals surface area contributed by atoms with E-state index in [-0.39, 0.29) is 17.4 Å². The average molecular weight is 489 g/mol. The van der Waals surface area contributed by atoms with Crippen molar-refractivity contribution in [1.29, 1.82) is 0 Å². The van der Waals surface area contributed by atoms with E-state index in [1.54, 1.807) is 13.2 Å². The van der Waals surface area contributed by atoms with Crippen LogP contribution >= 0.6 is 12.2 Å². The molecule has 0 fully saturated rings. The SMILES string of the molecule is CCC[As](C)c1cc(-n2c(-c3cc(C(C)C)c(O)cc3O)n[nH]c2=S)ccc1OC. The number of H-pyrrole nitrogens is 1. The Balaban J connectivity index is 2.20. The van der Waals surface area contributed by atoms with E-state index in [0.29, 0.717) is 16.2 Å². The third-order valence-electron chi connectivity index (χ3n) is 5.07. The molecule has 0 aliphatic heterocycles. The van der Waals surface area contributed by atoms with E-state index in [2.05, 4.69) is 28.9 Å². The maximum absolute atomic E-state index is 10.6. The Hall–Kier alpha value is -2.24. The minimum atomic E-state index is -1.25. The number of aromatic amines is 1. The quantitative estimate of drug-likeness (QED) is 0.326. The van der Waals surface area contributed by atoms with Gasteiger partial charge < -0.3 is 0 Å². The zero-order valence-corrected chi connectivity index (χ0v) is 20.6. The number of ether oxygens (including phenoxy) is 1. The number of rotatable bonds is 7. The molecule has 0 aliphatic carbocycles. The van der Waals surface area contributed by atoms with Crippen LogP contribution in [-0.2, 0) is 0 Å². The van der Waals surface area contributed by atoms with Crippen molar-refractivity contribution >= 4 is 31.2 Å². The molecule has 0 saturated heterocycles. The Morgan fingerprint density at radius 2 is 1.93 bits per heavy atom. The van der Waals surface area contributed by atoms with Gasteiger partial charge in [-0.05, 0) is 0 Å². The summed E-state index contributed by atoms with van der Waals surface area (Å²) >= 11 is 4.27. The number of phenolic OH excluding ortho intramolecular Hbond substituents is 2. The molecule has 3 aromatic rings. The van der Waals surface area contributed by atoms with Crippen molar-refractivity contribution in [2.75, 3.05) is 7.11 Å². The van der Waals surface area contributed by atoms with E-state index in [4.69, 9.17) is 17.0 Å². The van der Waals surface area contributed by atoms with Crippen LogP contribution in [0.25, 0.3) is 17.1 Å². The molecule has 3 N–H and O–H groups in total. The number of aromatic hydroxyl groups is 2. The van der Waals surface area contributed by atoms with Gasteiger partial charge in [0.25, 0.3) is 0 Å². The predicted octanol–water partition coefficient (Wildman–Crippen LogP) is 4.88. The molecule has 0 amide bonds. The molecule has 2 aromatic carbocycles. The Kier molecular flexibility index (Phi) is 6.94. The van der Waals surface area contributed by atoms with Gasteiger partial charge in [0.05, 0.1) is 0 Å². The molecule has 1 heterocycles. The summed E-state index contributed by atoms with van der Waals surface area (Å²) in [5.41, 5.74) is 4.45. The number of benzene rings is 2. The van der Waals surface area contributed by atoms with Crippen molar-refractivity contribution in [3.05, 3.63) is 40.7 Å². The second-order valence-corrected chi connectivity index (χ2v) is 12.8. The molecule has 1 aromatic heterocycles. The second-order valence-electron chi connectivity index (χ2n) is 7.55. The van der Waals surface area contributed by atoms with Crippen LogP contribution in [0.3, 0.4) is 0 Å². The van der Waals surface area contributed by atoms with Crippen molar-refractivity contribution in [1.82, 2.24) is 14.8 Å². The summed E-state index contributed by atoms with van der Waals surface area (Å²) in [6.07, 6.45) is 1.14. The van der Waals surface area contributed by atoms with Crippen molar-refractivity contribution in [2.24, 2.45) is 0 Å². The van der Waals surface area contributed by atoms with Crippen molar-refractivity contribution in [3.8, 4) is 34.3 Å². The van der Waals surface area contributed by atoms with E-state index in [0.717, 1.165) is 23.4 Å². The zero-order valence-electron chi connectivity index (χ0n) is 17.9. The van der Waals surface area contributed by atoms with Gasteiger partial charge in [0, 0.05) is 0 Å². The zero-order chi connectivity index (χ0) is 22.0. The summed E-state index contributed by atoms with van der Waals surface area (Å²) < 4.78 is 9.12. The molecule has 1 unspecified atom stereocenters. The normalized spacial score (nSPS) is 12.3. The summed E-state index contributed by atoms with van der Waals surface area (Å²) in [5, 5.41) is 29.2. The molecular formula is C22H28AsN3O3S. The van der Waals surface area contributed by atoms with E-state index in [9.17, 15) is 10.2 Å². The van der Waals surface area contributed by atoms with Gasteiger partial charge in [-0.1, -0.05) is 0 Å². The average Bonchev–Trinajstić information content (AvgIpc) is 3.08. The fourth-order valence-electron chi connectivity index (χ4n) is 3.52. The van der Waals surface area contributed by atoms with Gasteiger partial charge in [0.2, 0.25) is 0 Å². The summed E-state index contributed by atoms with van der Waals surface area (Å²) in [6, 6.07) is 9.19. The van der Waals surface area contributed by atoms with Gasteiger partial charge in [-0.2, -0.15) is 0 Å². The number of nitrogens with one attached hydrogen (secondary N) is 1. The van der Waals surface area contributed by atoms with Crippen LogP contribution in [0.1, 0.15) is 38.7 Å². The van der Waals surface area contributed by atoms with Crippen LogP contribution in [0.15, 0.2) is 30.3 Å². The van der Waals surface area contributed by atoms with E-state index >= 15 is 0 Å². The molecular weight excluding hydrogens is 461 g/mol. The molecule has 0 spiro atoms. The first-order chi connectivity index (χ1) is 14.3.